The van der Waals surface area contributed by atoms with Crippen LogP contribution in [0.1, 0.15) is 74.4 Å². The van der Waals surface area contributed by atoms with Gasteiger partial charge in [0.15, 0.2) is 0 Å². The van der Waals surface area contributed by atoms with Crippen LogP contribution in [0.15, 0.2) is 33.8 Å². The van der Waals surface area contributed by atoms with Crippen molar-refractivity contribution in [2.24, 2.45) is 15.4 Å². The number of methoxy groups -OCH3 is 1. The van der Waals surface area contributed by atoms with Crippen molar-refractivity contribution >= 4 is 5.71 Å². The molecule has 1 fully saturated rings. The fraction of sp³-hybridized carbons (Fsp3) is 0.577. The number of aryl methyl sites for hydroxylation is 1. The molecule has 0 radical (unpaired) electrons. The zero-order valence-corrected chi connectivity index (χ0v) is 19.8. The molecule has 5 rings (SSSR count). The molecule has 33 heavy (non-hydrogen) atoms. The van der Waals surface area contributed by atoms with Gasteiger partial charge in [-0.2, -0.15) is 5.11 Å². The Morgan fingerprint density at radius 3 is 2.64 bits per heavy atom. The number of nitrogens with zero attached hydrogens (tertiary/aromatic N) is 5. The summed E-state index contributed by atoms with van der Waals surface area (Å²) >= 11 is 0. The van der Waals surface area contributed by atoms with Crippen molar-refractivity contribution in [3.8, 4) is 17.0 Å². The first kappa shape index (κ1) is 22.1. The molecule has 0 unspecified atom stereocenters. The highest BCUT2D eigenvalue weighted by molar-refractivity contribution is 6.09. The maximum Gasteiger partial charge on any atom is 0.213 e. The van der Waals surface area contributed by atoms with Gasteiger partial charge in [-0.25, -0.2) is 4.98 Å². The molecule has 3 heterocycles. The molecule has 7 heteroatoms. The molecule has 2 aromatic rings. The van der Waals surface area contributed by atoms with E-state index in [0.717, 1.165) is 48.2 Å². The Balaban J connectivity index is 1.81. The maximum atomic E-state index is 5.81. The van der Waals surface area contributed by atoms with Crippen molar-refractivity contribution in [2.45, 2.75) is 70.1 Å². The molecule has 174 valence electrons. The molecule has 7 nitrogen and oxygen atoms in total. The van der Waals surface area contributed by atoms with Crippen LogP contribution in [0.4, 0.5) is 0 Å². The summed E-state index contributed by atoms with van der Waals surface area (Å²) in [5, 5.41) is 12.7. The molecule has 1 saturated carbocycles. The molecule has 0 spiro atoms. The topological polar surface area (TPSA) is 81.3 Å². The Labute approximate surface area is 195 Å². The van der Waals surface area contributed by atoms with E-state index in [1.54, 1.807) is 7.11 Å². The lowest BCUT2D eigenvalue weighted by Crippen LogP contribution is -2.33. The van der Waals surface area contributed by atoms with Crippen LogP contribution in [0.25, 0.3) is 11.1 Å². The quantitative estimate of drug-likeness (QED) is 0.529. The third-order valence-electron chi connectivity index (χ3n) is 7.26. The van der Waals surface area contributed by atoms with Gasteiger partial charge in [-0.05, 0) is 73.4 Å². The fourth-order valence-electron chi connectivity index (χ4n) is 5.82. The zero-order chi connectivity index (χ0) is 22.7. The second-order valence-electron chi connectivity index (χ2n) is 9.37. The van der Waals surface area contributed by atoms with Crippen molar-refractivity contribution in [3.05, 3.63) is 40.8 Å². The lowest BCUT2D eigenvalue weighted by Gasteiger charge is -2.32. The van der Waals surface area contributed by atoms with Crippen molar-refractivity contribution < 1.29 is 9.47 Å². The van der Waals surface area contributed by atoms with Crippen LogP contribution >= 0.6 is 0 Å². The molecule has 0 saturated heterocycles. The van der Waals surface area contributed by atoms with Crippen LogP contribution in [0.5, 0.6) is 5.88 Å². The normalized spacial score (nSPS) is 19.3. The van der Waals surface area contributed by atoms with Crippen molar-refractivity contribution in [1.29, 1.82) is 0 Å². The van der Waals surface area contributed by atoms with E-state index in [9.17, 15) is 0 Å². The summed E-state index contributed by atoms with van der Waals surface area (Å²) in [5.74, 6) is 0.650. The van der Waals surface area contributed by atoms with Crippen LogP contribution in [-0.4, -0.2) is 42.5 Å². The maximum absolute atomic E-state index is 5.81. The molecule has 0 aromatic carbocycles. The van der Waals surface area contributed by atoms with E-state index >= 15 is 0 Å². The Morgan fingerprint density at radius 2 is 1.88 bits per heavy atom. The SMILES string of the molecule is CCOc1cc(-c2c3c(nc(C4(COC)CCCC4)c2C2=NN=NC2)CCCCC3)ccn1. The van der Waals surface area contributed by atoms with E-state index in [4.69, 9.17) is 14.5 Å². The summed E-state index contributed by atoms with van der Waals surface area (Å²) in [6.07, 6.45) is 12.0. The largest absolute Gasteiger partial charge is 0.478 e. The number of hydrogen-bond acceptors (Lipinski definition) is 7. The van der Waals surface area contributed by atoms with Gasteiger partial charge in [0.05, 0.1) is 24.6 Å². The number of fused-ring (bicyclic) bond motifs is 1. The molecule has 3 aliphatic rings. The fourth-order valence-corrected chi connectivity index (χ4v) is 5.82. The van der Waals surface area contributed by atoms with Crippen molar-refractivity contribution in [3.63, 3.8) is 0 Å². The zero-order valence-electron chi connectivity index (χ0n) is 19.8. The summed E-state index contributed by atoms with van der Waals surface area (Å²) in [7, 11) is 1.80. The van der Waals surface area contributed by atoms with Crippen LogP contribution in [-0.2, 0) is 23.0 Å². The van der Waals surface area contributed by atoms with Crippen molar-refractivity contribution in [2.75, 3.05) is 26.9 Å². The van der Waals surface area contributed by atoms with Gasteiger partial charge in [0, 0.05) is 36.0 Å². The Kier molecular flexibility index (Phi) is 6.49. The molecule has 0 N–H and O–H groups in total. The van der Waals surface area contributed by atoms with Gasteiger partial charge in [0.25, 0.3) is 0 Å². The van der Waals surface area contributed by atoms with Gasteiger partial charge in [0.2, 0.25) is 5.88 Å². The Hall–Kier alpha value is -2.67. The van der Waals surface area contributed by atoms with Gasteiger partial charge >= 0.3 is 0 Å². The lowest BCUT2D eigenvalue weighted by molar-refractivity contribution is 0.129. The van der Waals surface area contributed by atoms with E-state index in [2.05, 4.69) is 32.6 Å². The number of ether oxygens (including phenoxy) is 2. The molecule has 1 aliphatic heterocycles. The van der Waals surface area contributed by atoms with Gasteiger partial charge in [-0.1, -0.05) is 19.3 Å². The van der Waals surface area contributed by atoms with E-state index in [1.165, 1.54) is 48.9 Å². The summed E-state index contributed by atoms with van der Waals surface area (Å²) in [6, 6.07) is 4.16. The predicted molar refractivity (Wildman–Crippen MR) is 128 cm³/mol. The average molecular weight is 448 g/mol. The van der Waals surface area contributed by atoms with Crippen LogP contribution in [0.3, 0.4) is 0 Å². The summed E-state index contributed by atoms with van der Waals surface area (Å²) in [4.78, 5) is 9.87. The number of aromatic nitrogens is 2. The summed E-state index contributed by atoms with van der Waals surface area (Å²) in [6.45, 7) is 3.74. The first-order valence-corrected chi connectivity index (χ1v) is 12.3. The smallest absolute Gasteiger partial charge is 0.213 e. The average Bonchev–Trinajstić information content (AvgIpc) is 3.48. The molecule has 0 bridgehead atoms. The van der Waals surface area contributed by atoms with Gasteiger partial charge < -0.3 is 9.47 Å². The van der Waals surface area contributed by atoms with E-state index in [-0.39, 0.29) is 5.41 Å². The minimum absolute atomic E-state index is 0.0962. The first-order valence-electron chi connectivity index (χ1n) is 12.3. The summed E-state index contributed by atoms with van der Waals surface area (Å²) < 4.78 is 11.6. The van der Waals surface area contributed by atoms with E-state index in [0.29, 0.717) is 25.6 Å². The molecule has 0 amide bonds. The van der Waals surface area contributed by atoms with Crippen LogP contribution in [0, 0.1) is 0 Å². The minimum atomic E-state index is -0.0962. The van der Waals surface area contributed by atoms with Gasteiger partial charge in [0.1, 0.15) is 6.54 Å². The van der Waals surface area contributed by atoms with E-state index < -0.39 is 0 Å². The number of pyridine rings is 2. The predicted octanol–water partition coefficient (Wildman–Crippen LogP) is 5.44. The van der Waals surface area contributed by atoms with Crippen LogP contribution < -0.4 is 4.74 Å². The monoisotopic (exact) mass is 447 g/mol. The third kappa shape index (κ3) is 4.19. The van der Waals surface area contributed by atoms with Gasteiger partial charge in [-0.3, -0.25) is 4.98 Å². The Morgan fingerprint density at radius 1 is 1.03 bits per heavy atom. The minimum Gasteiger partial charge on any atom is -0.478 e. The standard InChI is InChI=1S/C26H33N5O2/c1-3-33-22-15-18(11-14-27-22)23-19-9-5-4-6-10-20(19)29-25(24(23)21-16-28-31-30-21)26(17-32-2)12-7-8-13-26/h11,14-15H,3-10,12-13,16-17H2,1-2H3. The Bertz CT molecular complexity index is 1070. The molecular formula is C26H33N5O2. The van der Waals surface area contributed by atoms with Gasteiger partial charge in [-0.15, -0.1) is 5.10 Å². The van der Waals surface area contributed by atoms with E-state index in [1.807, 2.05) is 13.1 Å². The highest BCUT2D eigenvalue weighted by Crippen LogP contribution is 2.46. The van der Waals surface area contributed by atoms with Crippen molar-refractivity contribution in [1.82, 2.24) is 9.97 Å². The molecule has 2 aromatic heterocycles. The number of rotatable bonds is 7. The molecular weight excluding hydrogens is 414 g/mol. The number of hydrogen-bond donors (Lipinski definition) is 0. The second-order valence-corrected chi connectivity index (χ2v) is 9.37. The summed E-state index contributed by atoms with van der Waals surface area (Å²) in [5.41, 5.74) is 8.01. The lowest BCUT2D eigenvalue weighted by atomic mass is 9.76. The first-order chi connectivity index (χ1) is 16.3. The van der Waals surface area contributed by atoms with Crippen LogP contribution in [0.2, 0.25) is 0 Å². The molecule has 2 aliphatic carbocycles. The highest BCUT2D eigenvalue weighted by Gasteiger charge is 2.42. The molecule has 0 atom stereocenters. The third-order valence-corrected chi connectivity index (χ3v) is 7.26. The second kappa shape index (κ2) is 9.67. The highest BCUT2D eigenvalue weighted by atomic mass is 16.5.